The lowest BCUT2D eigenvalue weighted by Crippen LogP contribution is -2.05. The van der Waals surface area contributed by atoms with Gasteiger partial charge in [0.1, 0.15) is 0 Å². The first-order chi connectivity index (χ1) is 12.0. The number of esters is 1. The van der Waals surface area contributed by atoms with Crippen molar-refractivity contribution in [1.82, 2.24) is 0 Å². The van der Waals surface area contributed by atoms with E-state index in [0.29, 0.717) is 16.1 Å². The van der Waals surface area contributed by atoms with Crippen LogP contribution in [-0.2, 0) is 9.53 Å². The van der Waals surface area contributed by atoms with Crippen LogP contribution in [0.4, 0.5) is 5.69 Å². The lowest BCUT2D eigenvalue weighted by Gasteiger charge is -1.98. The largest absolute Gasteiger partial charge is 0.402 e. The zero-order valence-corrected chi connectivity index (χ0v) is 13.5. The molecule has 2 aromatic carbocycles. The molecule has 1 heterocycles. The summed E-state index contributed by atoms with van der Waals surface area (Å²) in [6.45, 7) is 0. The number of hydrogen-bond acceptors (Lipinski definition) is 5. The molecular formula is C18H11ClN2O4. The number of carbonyl (C=O) groups is 1. The van der Waals surface area contributed by atoms with Crippen LogP contribution in [0.1, 0.15) is 11.1 Å². The number of ether oxygens (including phenoxy) is 1. The maximum absolute atomic E-state index is 11.9. The van der Waals surface area contributed by atoms with E-state index in [1.54, 1.807) is 48.6 Å². The first-order valence-electron chi connectivity index (χ1n) is 7.22. The zero-order chi connectivity index (χ0) is 17.8. The molecule has 0 saturated heterocycles. The second-order valence-electron chi connectivity index (χ2n) is 5.08. The van der Waals surface area contributed by atoms with Crippen molar-refractivity contribution in [3.8, 4) is 0 Å². The van der Waals surface area contributed by atoms with Gasteiger partial charge in [-0.3, -0.25) is 10.1 Å². The van der Waals surface area contributed by atoms with Crippen molar-refractivity contribution in [1.29, 1.82) is 0 Å². The fourth-order valence-corrected chi connectivity index (χ4v) is 2.35. The summed E-state index contributed by atoms with van der Waals surface area (Å²) in [7, 11) is 0. The number of nitro benzene ring substituents is 1. The van der Waals surface area contributed by atoms with Gasteiger partial charge in [-0.05, 0) is 29.8 Å². The molecule has 0 N–H and O–H groups in total. The molecule has 0 aliphatic carbocycles. The van der Waals surface area contributed by atoms with Gasteiger partial charge in [0.2, 0.25) is 5.90 Å². The Bertz CT molecular complexity index is 948. The Morgan fingerprint density at radius 1 is 1.16 bits per heavy atom. The molecule has 0 unspecified atom stereocenters. The van der Waals surface area contributed by atoms with Crippen LogP contribution in [0.2, 0.25) is 5.02 Å². The van der Waals surface area contributed by atoms with Crippen LogP contribution >= 0.6 is 11.6 Å². The van der Waals surface area contributed by atoms with E-state index in [2.05, 4.69) is 4.99 Å². The monoisotopic (exact) mass is 354 g/mol. The van der Waals surface area contributed by atoms with Crippen molar-refractivity contribution < 1.29 is 14.5 Å². The minimum Gasteiger partial charge on any atom is -0.402 e. The van der Waals surface area contributed by atoms with Gasteiger partial charge in [-0.1, -0.05) is 42.0 Å². The van der Waals surface area contributed by atoms with Crippen LogP contribution in [0.15, 0.2) is 71.4 Å². The Morgan fingerprint density at radius 3 is 2.72 bits per heavy atom. The molecular weight excluding hydrogens is 344 g/mol. The fraction of sp³-hybridized carbons (Fsp3) is 0. The van der Waals surface area contributed by atoms with Crippen molar-refractivity contribution in [2.24, 2.45) is 4.99 Å². The number of nitrogens with zero attached hydrogens (tertiary/aromatic N) is 2. The minimum absolute atomic E-state index is 0.00339. The molecule has 0 fully saturated rings. The lowest BCUT2D eigenvalue weighted by molar-refractivity contribution is -0.384. The van der Waals surface area contributed by atoms with E-state index in [0.717, 1.165) is 0 Å². The second-order valence-corrected chi connectivity index (χ2v) is 5.52. The van der Waals surface area contributed by atoms with Gasteiger partial charge in [0.05, 0.1) is 4.92 Å². The van der Waals surface area contributed by atoms with Crippen LogP contribution in [-0.4, -0.2) is 16.8 Å². The zero-order valence-electron chi connectivity index (χ0n) is 12.8. The summed E-state index contributed by atoms with van der Waals surface area (Å²) in [5.41, 5.74) is 1.37. The topological polar surface area (TPSA) is 81.8 Å². The summed E-state index contributed by atoms with van der Waals surface area (Å²) in [4.78, 5) is 26.3. The Morgan fingerprint density at radius 2 is 1.96 bits per heavy atom. The molecule has 25 heavy (non-hydrogen) atoms. The second kappa shape index (κ2) is 7.11. The third-order valence-corrected chi connectivity index (χ3v) is 3.55. The number of nitro groups is 1. The Kier molecular flexibility index (Phi) is 4.72. The maximum atomic E-state index is 11.9. The van der Waals surface area contributed by atoms with Gasteiger partial charge in [0.15, 0.2) is 5.70 Å². The number of halogens is 1. The van der Waals surface area contributed by atoms with E-state index in [4.69, 9.17) is 16.3 Å². The Labute approximate surface area is 147 Å². The van der Waals surface area contributed by atoms with E-state index in [1.807, 2.05) is 0 Å². The normalized spacial score (nSPS) is 15.5. The van der Waals surface area contributed by atoms with Gasteiger partial charge >= 0.3 is 5.97 Å². The lowest BCUT2D eigenvalue weighted by atomic mass is 10.2. The van der Waals surface area contributed by atoms with Crippen molar-refractivity contribution in [3.63, 3.8) is 0 Å². The molecule has 0 amide bonds. The Hall–Kier alpha value is -3.25. The summed E-state index contributed by atoms with van der Waals surface area (Å²) < 4.78 is 5.13. The van der Waals surface area contributed by atoms with Crippen LogP contribution in [0, 0.1) is 10.1 Å². The number of carbonyl (C=O) groups excluding carboxylic acids is 1. The number of hydrogen-bond donors (Lipinski definition) is 0. The van der Waals surface area contributed by atoms with Crippen LogP contribution in [0.5, 0.6) is 0 Å². The van der Waals surface area contributed by atoms with E-state index in [9.17, 15) is 14.9 Å². The highest BCUT2D eigenvalue weighted by molar-refractivity contribution is 6.31. The first kappa shape index (κ1) is 16.6. The molecule has 0 radical (unpaired) electrons. The molecule has 0 aromatic heterocycles. The predicted molar refractivity (Wildman–Crippen MR) is 94.3 cm³/mol. The maximum Gasteiger partial charge on any atom is 0.363 e. The average molecular weight is 355 g/mol. The van der Waals surface area contributed by atoms with Crippen molar-refractivity contribution in [2.45, 2.75) is 0 Å². The van der Waals surface area contributed by atoms with E-state index in [1.165, 1.54) is 18.2 Å². The first-order valence-corrected chi connectivity index (χ1v) is 7.60. The SMILES string of the molecule is O=C1OC(c2cccc(Cl)c2)=N/C1=C/C=C/c1cccc([N+](=O)[O-])c1. The van der Waals surface area contributed by atoms with Crippen molar-refractivity contribution in [3.05, 3.63) is 92.6 Å². The summed E-state index contributed by atoms with van der Waals surface area (Å²) in [5.74, 6) is -0.388. The highest BCUT2D eigenvalue weighted by Crippen LogP contribution is 2.19. The number of benzene rings is 2. The quantitative estimate of drug-likeness (QED) is 0.357. The molecule has 6 nitrogen and oxygen atoms in total. The van der Waals surface area contributed by atoms with Gasteiger partial charge in [-0.15, -0.1) is 0 Å². The molecule has 0 bridgehead atoms. The van der Waals surface area contributed by atoms with Crippen LogP contribution in [0.25, 0.3) is 6.08 Å². The number of non-ortho nitro benzene ring substituents is 1. The number of allylic oxidation sites excluding steroid dienone is 2. The molecule has 124 valence electrons. The summed E-state index contributed by atoms with van der Waals surface area (Å²) in [6, 6.07) is 13.0. The van der Waals surface area contributed by atoms with Gasteiger partial charge in [-0.2, -0.15) is 0 Å². The van der Waals surface area contributed by atoms with Gasteiger partial charge < -0.3 is 4.74 Å². The van der Waals surface area contributed by atoms with Gasteiger partial charge in [-0.25, -0.2) is 9.79 Å². The number of aliphatic imine (C=N–C) groups is 1. The van der Waals surface area contributed by atoms with Crippen molar-refractivity contribution >= 4 is 35.2 Å². The van der Waals surface area contributed by atoms with Crippen molar-refractivity contribution in [2.75, 3.05) is 0 Å². The third kappa shape index (κ3) is 3.99. The number of rotatable bonds is 4. The third-order valence-electron chi connectivity index (χ3n) is 3.32. The number of cyclic esters (lactones) is 1. The molecule has 1 aliphatic rings. The van der Waals surface area contributed by atoms with E-state index in [-0.39, 0.29) is 17.3 Å². The molecule has 2 aromatic rings. The van der Waals surface area contributed by atoms with Crippen LogP contribution in [0.3, 0.4) is 0 Å². The molecule has 7 heteroatoms. The highest BCUT2D eigenvalue weighted by Gasteiger charge is 2.23. The molecule has 0 spiro atoms. The summed E-state index contributed by atoms with van der Waals surface area (Å²) in [6.07, 6.45) is 4.71. The predicted octanol–water partition coefficient (Wildman–Crippen LogP) is 4.15. The standard InChI is InChI=1S/C18H11ClN2O4/c19-14-7-3-6-13(11-14)17-20-16(18(22)25-17)9-2-5-12-4-1-8-15(10-12)21(23)24/h1-11H/b5-2+,16-9+. The summed E-state index contributed by atoms with van der Waals surface area (Å²) >= 11 is 5.91. The van der Waals surface area contributed by atoms with E-state index < -0.39 is 10.9 Å². The Balaban J connectivity index is 1.80. The smallest absolute Gasteiger partial charge is 0.363 e. The van der Waals surface area contributed by atoms with Crippen LogP contribution < -0.4 is 0 Å². The molecule has 0 atom stereocenters. The minimum atomic E-state index is -0.571. The van der Waals surface area contributed by atoms with Gasteiger partial charge in [0.25, 0.3) is 5.69 Å². The summed E-state index contributed by atoms with van der Waals surface area (Å²) in [5, 5.41) is 11.3. The van der Waals surface area contributed by atoms with Gasteiger partial charge in [0, 0.05) is 22.7 Å². The molecule has 1 aliphatic heterocycles. The highest BCUT2D eigenvalue weighted by atomic mass is 35.5. The molecule has 0 saturated carbocycles. The fourth-order valence-electron chi connectivity index (χ4n) is 2.16. The average Bonchev–Trinajstić information content (AvgIpc) is 2.96. The van der Waals surface area contributed by atoms with E-state index >= 15 is 0 Å². The molecule has 3 rings (SSSR count).